The van der Waals surface area contributed by atoms with E-state index in [1.54, 1.807) is 19.2 Å². The molecule has 0 aliphatic carbocycles. The predicted molar refractivity (Wildman–Crippen MR) is 125 cm³/mol. The molecule has 0 spiro atoms. The maximum Gasteiger partial charge on any atom is 0.170 e. The number of piperazine rings is 1. The highest BCUT2D eigenvalue weighted by atomic mass is 19.1. The quantitative estimate of drug-likeness (QED) is 0.524. The van der Waals surface area contributed by atoms with Crippen LogP contribution in [0.3, 0.4) is 0 Å². The second kappa shape index (κ2) is 9.14. The Bertz CT molecular complexity index is 1060. The molecule has 1 aliphatic heterocycles. The van der Waals surface area contributed by atoms with E-state index in [-0.39, 0.29) is 5.82 Å². The van der Waals surface area contributed by atoms with E-state index in [4.69, 9.17) is 11.1 Å². The van der Waals surface area contributed by atoms with E-state index in [0.717, 1.165) is 30.0 Å². The van der Waals surface area contributed by atoms with Gasteiger partial charge < -0.3 is 26.3 Å². The second-order valence-electron chi connectivity index (χ2n) is 7.66. The first-order chi connectivity index (χ1) is 15.1. The largest absolute Gasteiger partial charge is 0.367 e. The maximum absolute atomic E-state index is 15.7. The number of nitrogens with two attached hydrogens (primary N) is 1. The van der Waals surface area contributed by atoms with Crippen LogP contribution < -0.4 is 20.9 Å². The van der Waals surface area contributed by atoms with Crippen molar-refractivity contribution >= 4 is 28.5 Å². The van der Waals surface area contributed by atoms with Gasteiger partial charge in [-0.15, -0.1) is 0 Å². The number of nitrogens with one attached hydrogen (secondary N) is 2. The molecule has 0 radical (unpaired) electrons. The summed E-state index contributed by atoms with van der Waals surface area (Å²) in [6.45, 7) is 5.07. The molecule has 3 aromatic rings. The summed E-state index contributed by atoms with van der Waals surface area (Å²) < 4.78 is 15.7. The lowest BCUT2D eigenvalue weighted by Crippen LogP contribution is -2.46. The molecule has 31 heavy (non-hydrogen) atoms. The van der Waals surface area contributed by atoms with Crippen LogP contribution in [-0.4, -0.2) is 36.9 Å². The van der Waals surface area contributed by atoms with Crippen molar-refractivity contribution in [2.24, 2.45) is 5.73 Å². The molecular weight excluding hydrogens is 391 g/mol. The topological polar surface area (TPSA) is 81.3 Å². The summed E-state index contributed by atoms with van der Waals surface area (Å²) >= 11 is 0. The summed E-state index contributed by atoms with van der Waals surface area (Å²) in [4.78, 5) is 8.51. The van der Waals surface area contributed by atoms with Crippen LogP contribution >= 0.6 is 0 Å². The minimum atomic E-state index is -0.336. The number of hydrogen-bond donors (Lipinski definition) is 3. The Hall–Kier alpha value is -3.45. The molecule has 2 heterocycles. The first-order valence-electron chi connectivity index (χ1n) is 10.4. The third kappa shape index (κ3) is 4.51. The highest BCUT2D eigenvalue weighted by Crippen LogP contribution is 2.33. The van der Waals surface area contributed by atoms with Gasteiger partial charge in [0.15, 0.2) is 5.82 Å². The Kier molecular flexibility index (Phi) is 6.13. The van der Waals surface area contributed by atoms with Crippen molar-refractivity contribution < 1.29 is 4.39 Å². The Morgan fingerprint density at radius 3 is 2.55 bits per heavy atom. The first-order valence-corrected chi connectivity index (χ1v) is 10.4. The molecule has 1 saturated heterocycles. The van der Waals surface area contributed by atoms with Crippen LogP contribution in [0.1, 0.15) is 18.1 Å². The fourth-order valence-electron chi connectivity index (χ4n) is 3.91. The monoisotopic (exact) mass is 418 g/mol. The number of benzene rings is 2. The van der Waals surface area contributed by atoms with E-state index >= 15 is 4.39 Å². The smallest absolute Gasteiger partial charge is 0.170 e. The number of halogens is 1. The van der Waals surface area contributed by atoms with Crippen molar-refractivity contribution in [1.82, 2.24) is 4.98 Å². The van der Waals surface area contributed by atoms with E-state index in [1.807, 2.05) is 48.7 Å². The summed E-state index contributed by atoms with van der Waals surface area (Å²) in [6.07, 6.45) is 3.62. The van der Waals surface area contributed by atoms with Gasteiger partial charge in [-0.2, -0.15) is 0 Å². The highest BCUT2D eigenvalue weighted by molar-refractivity contribution is 6.02. The maximum atomic E-state index is 15.7. The van der Waals surface area contributed by atoms with Crippen molar-refractivity contribution in [1.29, 1.82) is 5.41 Å². The Morgan fingerprint density at radius 1 is 1.10 bits per heavy atom. The van der Waals surface area contributed by atoms with Crippen molar-refractivity contribution in [3.63, 3.8) is 0 Å². The molecule has 0 saturated carbocycles. The van der Waals surface area contributed by atoms with Gasteiger partial charge in [0.2, 0.25) is 0 Å². The Labute approximate surface area is 182 Å². The zero-order valence-electron chi connectivity index (χ0n) is 17.6. The fraction of sp³-hybridized carbons (Fsp3) is 0.250. The van der Waals surface area contributed by atoms with Crippen molar-refractivity contribution in [2.75, 3.05) is 41.3 Å². The van der Waals surface area contributed by atoms with Crippen LogP contribution in [0.25, 0.3) is 0 Å². The summed E-state index contributed by atoms with van der Waals surface area (Å²) in [5.74, 6) is -0.336. The summed E-state index contributed by atoms with van der Waals surface area (Å²) in [6, 6.07) is 15.2. The fourth-order valence-corrected chi connectivity index (χ4v) is 3.91. The third-order valence-corrected chi connectivity index (χ3v) is 5.59. The molecule has 1 aliphatic rings. The normalized spacial score (nSPS) is 13.9. The summed E-state index contributed by atoms with van der Waals surface area (Å²) in [5, 5.41) is 11.3. The lowest BCUT2D eigenvalue weighted by molar-refractivity contribution is 0.600. The van der Waals surface area contributed by atoms with Gasteiger partial charge in [-0.05, 0) is 48.9 Å². The van der Waals surface area contributed by atoms with E-state index in [9.17, 15) is 0 Å². The summed E-state index contributed by atoms with van der Waals surface area (Å²) in [5.41, 5.74) is 10.3. The van der Waals surface area contributed by atoms with Gasteiger partial charge in [-0.3, -0.25) is 4.98 Å². The SMILES string of the molecule is CC(=N)c1ccc(N2CCN(c3cccnc3)CC2)c(F)c1Nc1cccc(CN)c1. The minimum Gasteiger partial charge on any atom is -0.367 e. The molecule has 4 rings (SSSR count). The van der Waals surface area contributed by atoms with Crippen molar-refractivity contribution in [2.45, 2.75) is 13.5 Å². The highest BCUT2D eigenvalue weighted by Gasteiger charge is 2.23. The third-order valence-electron chi connectivity index (χ3n) is 5.59. The lowest BCUT2D eigenvalue weighted by Gasteiger charge is -2.37. The van der Waals surface area contributed by atoms with Crippen LogP contribution in [-0.2, 0) is 6.54 Å². The molecule has 2 aromatic carbocycles. The number of aromatic nitrogens is 1. The summed E-state index contributed by atoms with van der Waals surface area (Å²) in [7, 11) is 0. The average Bonchev–Trinajstić information content (AvgIpc) is 2.81. The van der Waals surface area contributed by atoms with Crippen LogP contribution in [0.15, 0.2) is 60.9 Å². The minimum absolute atomic E-state index is 0.310. The molecule has 4 N–H and O–H groups in total. The van der Waals surface area contributed by atoms with Crippen LogP contribution in [0.5, 0.6) is 0 Å². The van der Waals surface area contributed by atoms with Gasteiger partial charge in [-0.1, -0.05) is 12.1 Å². The van der Waals surface area contributed by atoms with E-state index in [2.05, 4.69) is 20.1 Å². The van der Waals surface area contributed by atoms with Crippen molar-refractivity contribution in [3.05, 3.63) is 77.9 Å². The number of hydrogen-bond acceptors (Lipinski definition) is 6. The molecule has 6 nitrogen and oxygen atoms in total. The zero-order valence-corrected chi connectivity index (χ0v) is 17.6. The molecule has 0 atom stereocenters. The Balaban J connectivity index is 1.59. The molecule has 0 bridgehead atoms. The van der Waals surface area contributed by atoms with E-state index in [1.165, 1.54) is 0 Å². The molecule has 0 amide bonds. The number of rotatable bonds is 6. The molecule has 160 valence electrons. The first kappa shape index (κ1) is 20.8. The van der Waals surface area contributed by atoms with Gasteiger partial charge in [0.1, 0.15) is 0 Å². The Morgan fingerprint density at radius 2 is 1.87 bits per heavy atom. The zero-order chi connectivity index (χ0) is 21.8. The van der Waals surface area contributed by atoms with Gasteiger partial charge in [0.05, 0.1) is 23.3 Å². The van der Waals surface area contributed by atoms with Gasteiger partial charge in [0, 0.05) is 55.9 Å². The number of pyridine rings is 1. The molecular formula is C24H27FN6. The molecule has 7 heteroatoms. The van der Waals surface area contributed by atoms with Crippen LogP contribution in [0.4, 0.5) is 27.1 Å². The lowest BCUT2D eigenvalue weighted by atomic mass is 10.1. The standard InChI is InChI=1S/C24H27FN6/c1-17(27)21-7-8-22(23(25)24(21)29-19-5-2-4-18(14-19)15-26)31-12-10-30(11-13-31)20-6-3-9-28-16-20/h2-9,14,16,27,29H,10-13,15,26H2,1H3. The molecule has 1 fully saturated rings. The van der Waals surface area contributed by atoms with E-state index < -0.39 is 0 Å². The van der Waals surface area contributed by atoms with Gasteiger partial charge >= 0.3 is 0 Å². The van der Waals surface area contributed by atoms with Gasteiger partial charge in [-0.25, -0.2) is 4.39 Å². The van der Waals surface area contributed by atoms with Crippen LogP contribution in [0.2, 0.25) is 0 Å². The number of nitrogens with zero attached hydrogens (tertiary/aromatic N) is 3. The second-order valence-corrected chi connectivity index (χ2v) is 7.66. The number of anilines is 4. The molecule has 0 unspecified atom stereocenters. The van der Waals surface area contributed by atoms with Gasteiger partial charge in [0.25, 0.3) is 0 Å². The average molecular weight is 419 g/mol. The predicted octanol–water partition coefficient (Wildman–Crippen LogP) is 4.14. The molecule has 1 aromatic heterocycles. The van der Waals surface area contributed by atoms with E-state index in [0.29, 0.717) is 42.3 Å². The van der Waals surface area contributed by atoms with Crippen molar-refractivity contribution in [3.8, 4) is 0 Å². The van der Waals surface area contributed by atoms with Crippen LogP contribution in [0, 0.1) is 11.2 Å².